The molecule has 0 aliphatic rings. The first-order chi connectivity index (χ1) is 13.5. The van der Waals surface area contributed by atoms with Gasteiger partial charge in [-0.3, -0.25) is 14.2 Å². The molecule has 28 heavy (non-hydrogen) atoms. The maximum absolute atomic E-state index is 12.9. The molecule has 4 aromatic rings. The van der Waals surface area contributed by atoms with E-state index in [0.29, 0.717) is 38.8 Å². The number of hydrogen-bond acceptors (Lipinski definition) is 4. The van der Waals surface area contributed by atoms with Crippen LogP contribution in [0.4, 0.5) is 5.82 Å². The zero-order chi connectivity index (χ0) is 19.7. The van der Waals surface area contributed by atoms with Crippen molar-refractivity contribution < 1.29 is 4.79 Å². The summed E-state index contributed by atoms with van der Waals surface area (Å²) < 4.78 is 1.53. The number of aromatic nitrogens is 3. The van der Waals surface area contributed by atoms with Gasteiger partial charge < -0.3 is 5.32 Å². The van der Waals surface area contributed by atoms with Crippen molar-refractivity contribution in [3.8, 4) is 5.69 Å². The van der Waals surface area contributed by atoms with Gasteiger partial charge in [0.05, 0.1) is 21.6 Å². The summed E-state index contributed by atoms with van der Waals surface area (Å²) in [6.07, 6.45) is 1.46. The van der Waals surface area contributed by atoms with E-state index < -0.39 is 0 Å². The Bertz CT molecular complexity index is 1230. The highest BCUT2D eigenvalue weighted by molar-refractivity contribution is 6.30. The van der Waals surface area contributed by atoms with E-state index >= 15 is 0 Å². The minimum absolute atomic E-state index is 0.148. The lowest BCUT2D eigenvalue weighted by Gasteiger charge is -2.11. The molecular weight excluding hydrogens is 376 g/mol. The van der Waals surface area contributed by atoms with Crippen LogP contribution < -0.4 is 10.9 Å². The van der Waals surface area contributed by atoms with Crippen LogP contribution in [0.2, 0.25) is 5.02 Å². The average molecular weight is 391 g/mol. The monoisotopic (exact) mass is 390 g/mol. The van der Waals surface area contributed by atoms with E-state index in [0.717, 1.165) is 0 Å². The predicted molar refractivity (Wildman–Crippen MR) is 109 cm³/mol. The van der Waals surface area contributed by atoms with Crippen LogP contribution >= 0.6 is 11.6 Å². The molecule has 1 amide bonds. The average Bonchev–Trinajstić information content (AvgIpc) is 2.70. The van der Waals surface area contributed by atoms with E-state index in [1.807, 2.05) is 18.2 Å². The van der Waals surface area contributed by atoms with Crippen molar-refractivity contribution in [3.63, 3.8) is 0 Å². The Kier molecular flexibility index (Phi) is 4.63. The molecule has 4 rings (SSSR count). The molecule has 0 saturated carbocycles. The molecule has 0 atom stereocenters. The highest BCUT2D eigenvalue weighted by Gasteiger charge is 2.11. The summed E-state index contributed by atoms with van der Waals surface area (Å²) in [7, 11) is 0. The second-order valence-electron chi connectivity index (χ2n) is 6.18. The summed E-state index contributed by atoms with van der Waals surface area (Å²) >= 11 is 5.79. The molecule has 2 heterocycles. The zero-order valence-electron chi connectivity index (χ0n) is 14.9. The predicted octanol–water partition coefficient (Wildman–Crippen LogP) is 3.99. The molecule has 2 aromatic heterocycles. The number of anilines is 1. The number of fused-ring (bicyclic) bond motifs is 1. The lowest BCUT2D eigenvalue weighted by Crippen LogP contribution is -2.22. The van der Waals surface area contributed by atoms with Crippen molar-refractivity contribution in [3.05, 3.63) is 93.6 Å². The molecule has 0 unspecified atom stereocenters. The minimum Gasteiger partial charge on any atom is -0.307 e. The van der Waals surface area contributed by atoms with Crippen LogP contribution in [0.25, 0.3) is 16.6 Å². The number of nitrogens with one attached hydrogen (secondary N) is 1. The largest absolute Gasteiger partial charge is 0.307 e. The number of carbonyl (C=O) groups excluding carboxylic acids is 1. The van der Waals surface area contributed by atoms with Gasteiger partial charge in [0.2, 0.25) is 0 Å². The number of rotatable bonds is 3. The summed E-state index contributed by atoms with van der Waals surface area (Å²) in [6.45, 7) is 1.78. The third-order valence-electron chi connectivity index (χ3n) is 4.30. The van der Waals surface area contributed by atoms with E-state index in [1.54, 1.807) is 49.4 Å². The lowest BCUT2D eigenvalue weighted by atomic mass is 10.2. The SMILES string of the molecule is Cc1nc2ccccc2c(=O)n1-c1ccc(C(=O)Nc2ccc(Cl)cn2)cc1. The highest BCUT2D eigenvalue weighted by atomic mass is 35.5. The Morgan fingerprint density at radius 3 is 2.50 bits per heavy atom. The topological polar surface area (TPSA) is 76.9 Å². The highest BCUT2D eigenvalue weighted by Crippen LogP contribution is 2.15. The molecule has 0 aliphatic carbocycles. The normalized spacial score (nSPS) is 10.8. The molecule has 0 fully saturated rings. The van der Waals surface area contributed by atoms with E-state index in [4.69, 9.17) is 11.6 Å². The Labute approximate surface area is 165 Å². The quantitative estimate of drug-likeness (QED) is 0.573. The number of pyridine rings is 1. The van der Waals surface area contributed by atoms with E-state index in [2.05, 4.69) is 15.3 Å². The van der Waals surface area contributed by atoms with Crippen LogP contribution in [0.1, 0.15) is 16.2 Å². The zero-order valence-corrected chi connectivity index (χ0v) is 15.6. The third-order valence-corrected chi connectivity index (χ3v) is 4.52. The van der Waals surface area contributed by atoms with Crippen molar-refractivity contribution in [1.29, 1.82) is 0 Å². The first kappa shape index (κ1) is 17.9. The Morgan fingerprint density at radius 2 is 1.79 bits per heavy atom. The summed E-state index contributed by atoms with van der Waals surface area (Å²) in [5.74, 6) is 0.678. The van der Waals surface area contributed by atoms with Crippen LogP contribution in [-0.2, 0) is 0 Å². The van der Waals surface area contributed by atoms with Crippen LogP contribution in [0.3, 0.4) is 0 Å². The molecule has 7 heteroatoms. The Balaban J connectivity index is 1.65. The number of nitrogens with zero attached hydrogens (tertiary/aromatic N) is 3. The van der Waals surface area contributed by atoms with Crippen LogP contribution in [0, 0.1) is 6.92 Å². The van der Waals surface area contributed by atoms with E-state index in [1.165, 1.54) is 10.8 Å². The molecule has 0 saturated heterocycles. The van der Waals surface area contributed by atoms with Crippen molar-refractivity contribution in [2.24, 2.45) is 0 Å². The molecule has 2 aromatic carbocycles. The second-order valence-corrected chi connectivity index (χ2v) is 6.62. The number of aryl methyl sites for hydroxylation is 1. The second kappa shape index (κ2) is 7.25. The van der Waals surface area contributed by atoms with Gasteiger partial charge in [-0.05, 0) is 55.5 Å². The number of halogens is 1. The first-order valence-corrected chi connectivity index (χ1v) is 8.92. The molecule has 138 valence electrons. The number of benzene rings is 2. The molecule has 0 radical (unpaired) electrons. The van der Waals surface area contributed by atoms with Crippen LogP contribution in [-0.4, -0.2) is 20.4 Å². The number of hydrogen-bond donors (Lipinski definition) is 1. The Morgan fingerprint density at radius 1 is 1.04 bits per heavy atom. The fourth-order valence-corrected chi connectivity index (χ4v) is 3.06. The van der Waals surface area contributed by atoms with Gasteiger partial charge in [0, 0.05) is 11.8 Å². The molecular formula is C21H15ClN4O2. The molecule has 0 spiro atoms. The van der Waals surface area contributed by atoms with Crippen LogP contribution in [0.15, 0.2) is 71.7 Å². The van der Waals surface area contributed by atoms with Gasteiger partial charge in [-0.15, -0.1) is 0 Å². The number of amides is 1. The van der Waals surface area contributed by atoms with Gasteiger partial charge in [-0.25, -0.2) is 9.97 Å². The molecule has 6 nitrogen and oxygen atoms in total. The molecule has 1 N–H and O–H groups in total. The molecule has 0 bridgehead atoms. The summed E-state index contributed by atoms with van der Waals surface area (Å²) in [5.41, 5.74) is 1.60. The standard InChI is InChI=1S/C21H15ClN4O2/c1-13-24-18-5-3-2-4-17(18)21(28)26(13)16-9-6-14(7-10-16)20(27)25-19-11-8-15(22)12-23-19/h2-12H,1H3,(H,23,25,27). The van der Waals surface area contributed by atoms with E-state index in [-0.39, 0.29) is 11.5 Å². The lowest BCUT2D eigenvalue weighted by molar-refractivity contribution is 0.102. The van der Waals surface area contributed by atoms with Crippen LogP contribution in [0.5, 0.6) is 0 Å². The smallest absolute Gasteiger partial charge is 0.265 e. The van der Waals surface area contributed by atoms with Gasteiger partial charge in [0.25, 0.3) is 11.5 Å². The van der Waals surface area contributed by atoms with Crippen molar-refractivity contribution >= 4 is 34.2 Å². The fourth-order valence-electron chi connectivity index (χ4n) is 2.95. The van der Waals surface area contributed by atoms with Crippen molar-refractivity contribution in [2.75, 3.05) is 5.32 Å². The van der Waals surface area contributed by atoms with Gasteiger partial charge >= 0.3 is 0 Å². The maximum atomic E-state index is 12.9. The van der Waals surface area contributed by atoms with Gasteiger partial charge in [0.1, 0.15) is 11.6 Å². The summed E-state index contributed by atoms with van der Waals surface area (Å²) in [4.78, 5) is 33.8. The van der Waals surface area contributed by atoms with Crippen molar-refractivity contribution in [2.45, 2.75) is 6.92 Å². The first-order valence-electron chi connectivity index (χ1n) is 8.55. The van der Waals surface area contributed by atoms with E-state index in [9.17, 15) is 9.59 Å². The fraction of sp³-hybridized carbons (Fsp3) is 0.0476. The van der Waals surface area contributed by atoms with Gasteiger partial charge in [-0.2, -0.15) is 0 Å². The van der Waals surface area contributed by atoms with Gasteiger partial charge in [0.15, 0.2) is 0 Å². The molecule has 0 aliphatic heterocycles. The Hall–Kier alpha value is -3.51. The number of para-hydroxylation sites is 1. The maximum Gasteiger partial charge on any atom is 0.265 e. The summed E-state index contributed by atoms with van der Waals surface area (Å²) in [5, 5.41) is 3.74. The van der Waals surface area contributed by atoms with Gasteiger partial charge in [-0.1, -0.05) is 23.7 Å². The summed E-state index contributed by atoms with van der Waals surface area (Å²) in [6, 6.07) is 17.2. The van der Waals surface area contributed by atoms with Crippen molar-refractivity contribution in [1.82, 2.24) is 14.5 Å². The minimum atomic E-state index is -0.304. The third kappa shape index (κ3) is 3.37. The number of carbonyl (C=O) groups is 1.